The van der Waals surface area contributed by atoms with Crippen LogP contribution in [-0.2, 0) is 11.0 Å². The van der Waals surface area contributed by atoms with Crippen molar-refractivity contribution >= 4 is 29.3 Å². The summed E-state index contributed by atoms with van der Waals surface area (Å²) < 4.78 is 47.7. The van der Waals surface area contributed by atoms with Crippen molar-refractivity contribution in [2.45, 2.75) is 82.1 Å². The van der Waals surface area contributed by atoms with E-state index in [0.29, 0.717) is 29.8 Å². The van der Waals surface area contributed by atoms with Gasteiger partial charge in [0, 0.05) is 36.8 Å². The molecule has 10 nitrogen and oxygen atoms in total. The third kappa shape index (κ3) is 7.36. The lowest BCUT2D eigenvalue weighted by Gasteiger charge is -2.41. The van der Waals surface area contributed by atoms with Crippen LogP contribution >= 0.6 is 0 Å². The van der Waals surface area contributed by atoms with Crippen molar-refractivity contribution in [3.8, 4) is 5.75 Å². The highest BCUT2D eigenvalue weighted by atomic mass is 19.4. The molecule has 0 radical (unpaired) electrons. The minimum Gasteiger partial charge on any atom is -0.495 e. The van der Waals surface area contributed by atoms with Gasteiger partial charge in [0.25, 0.3) is 5.91 Å². The van der Waals surface area contributed by atoms with Gasteiger partial charge in [-0.1, -0.05) is 19.3 Å². The van der Waals surface area contributed by atoms with Gasteiger partial charge in [0.1, 0.15) is 17.1 Å². The number of nitrogens with zero attached hydrogens (tertiary/aromatic N) is 4. The summed E-state index contributed by atoms with van der Waals surface area (Å²) in [5.41, 5.74) is -0.172. The van der Waals surface area contributed by atoms with Crippen LogP contribution in [0.25, 0.3) is 0 Å². The first-order chi connectivity index (χ1) is 21.0. The number of amides is 2. The lowest BCUT2D eigenvalue weighted by atomic mass is 9.82. The number of halogens is 3. The number of alkyl halides is 3. The van der Waals surface area contributed by atoms with Gasteiger partial charge in [0.05, 0.1) is 18.8 Å². The SMILES string of the molecule is COc1cc(C(=O)NC2CCN(C)CC2)ccc1Nc1ncc(C(F)(F)F)c(N[C@@H]2CCCC[C@H]2N(C)C(=O)C2CCC2)n1. The third-order valence-electron chi connectivity index (χ3n) is 9.21. The van der Waals surface area contributed by atoms with Gasteiger partial charge in [0.15, 0.2) is 0 Å². The summed E-state index contributed by atoms with van der Waals surface area (Å²) in [7, 11) is 5.26. The second-order valence-corrected chi connectivity index (χ2v) is 12.2. The number of anilines is 3. The van der Waals surface area contributed by atoms with Crippen molar-refractivity contribution in [3.05, 3.63) is 35.5 Å². The van der Waals surface area contributed by atoms with Gasteiger partial charge in [-0.3, -0.25) is 9.59 Å². The summed E-state index contributed by atoms with van der Waals surface area (Å²) in [6.07, 6.45) is 3.64. The standard InChI is InChI=1S/C31H42F3N7O3/c1-40-15-13-21(14-16-40)36-28(42)20-11-12-24(26(17-20)44-3)38-30-35-18-22(31(32,33)34)27(39-30)37-23-9-4-5-10-25(23)41(2)29(43)19-7-6-8-19/h11-12,17-19,21,23,25H,4-10,13-16H2,1-3H3,(H,36,42)(H2,35,37,38,39)/t23-,25-/m1/s1. The van der Waals surface area contributed by atoms with E-state index in [-0.39, 0.29) is 41.6 Å². The summed E-state index contributed by atoms with van der Waals surface area (Å²) >= 11 is 0. The summed E-state index contributed by atoms with van der Waals surface area (Å²) in [6, 6.07) is 4.29. The predicted molar refractivity (Wildman–Crippen MR) is 161 cm³/mol. The van der Waals surface area contributed by atoms with Crippen LogP contribution in [0.4, 0.5) is 30.6 Å². The molecule has 0 bridgehead atoms. The second kappa shape index (κ2) is 13.6. The Morgan fingerprint density at radius 2 is 1.77 bits per heavy atom. The summed E-state index contributed by atoms with van der Waals surface area (Å²) in [4.78, 5) is 38.0. The van der Waals surface area contributed by atoms with E-state index in [2.05, 4.69) is 37.9 Å². The van der Waals surface area contributed by atoms with Crippen molar-refractivity contribution in [2.24, 2.45) is 5.92 Å². The smallest absolute Gasteiger partial charge is 0.421 e. The molecule has 2 heterocycles. The Balaban J connectivity index is 1.33. The fraction of sp³-hybridized carbons (Fsp3) is 0.613. The molecule has 1 aliphatic heterocycles. The average molecular weight is 618 g/mol. The number of piperidine rings is 1. The lowest BCUT2D eigenvalue weighted by molar-refractivity contribution is -0.140. The van der Waals surface area contributed by atoms with E-state index in [1.807, 2.05) is 0 Å². The Bertz CT molecular complexity index is 1330. The Morgan fingerprint density at radius 3 is 2.43 bits per heavy atom. The number of hydrogen-bond donors (Lipinski definition) is 3. The molecule has 44 heavy (non-hydrogen) atoms. The number of benzene rings is 1. The maximum absolute atomic E-state index is 14.1. The summed E-state index contributed by atoms with van der Waals surface area (Å²) in [5.74, 6) is -0.235. The van der Waals surface area contributed by atoms with Crippen LogP contribution in [0.2, 0.25) is 0 Å². The highest BCUT2D eigenvalue weighted by Gasteiger charge is 2.39. The number of nitrogens with one attached hydrogen (secondary N) is 3. The molecular weight excluding hydrogens is 575 g/mol. The molecule has 2 aromatic rings. The summed E-state index contributed by atoms with van der Waals surface area (Å²) in [6.45, 7) is 1.83. The lowest BCUT2D eigenvalue weighted by Crippen LogP contribution is -2.52. The Morgan fingerprint density at radius 1 is 1.05 bits per heavy atom. The van der Waals surface area contributed by atoms with E-state index in [4.69, 9.17) is 4.74 Å². The molecule has 13 heteroatoms. The fourth-order valence-electron chi connectivity index (χ4n) is 6.26. The van der Waals surface area contributed by atoms with E-state index in [0.717, 1.165) is 64.2 Å². The van der Waals surface area contributed by atoms with E-state index in [1.165, 1.54) is 7.11 Å². The van der Waals surface area contributed by atoms with Gasteiger partial charge >= 0.3 is 6.18 Å². The Labute approximate surface area is 256 Å². The first-order valence-electron chi connectivity index (χ1n) is 15.5. The molecule has 1 aromatic heterocycles. The van der Waals surface area contributed by atoms with Crippen LogP contribution in [0.5, 0.6) is 5.75 Å². The molecule has 2 atom stereocenters. The molecule has 1 aromatic carbocycles. The zero-order valence-electron chi connectivity index (χ0n) is 25.5. The van der Waals surface area contributed by atoms with Gasteiger partial charge < -0.3 is 30.5 Å². The van der Waals surface area contributed by atoms with Gasteiger partial charge in [-0.15, -0.1) is 0 Å². The fourth-order valence-corrected chi connectivity index (χ4v) is 6.26. The molecule has 3 N–H and O–H groups in total. The number of likely N-dealkylation sites (tertiary alicyclic amines) is 1. The minimum atomic E-state index is -4.68. The molecule has 3 aliphatic rings. The van der Waals surface area contributed by atoms with E-state index in [1.54, 1.807) is 30.1 Å². The molecule has 5 rings (SSSR count). The maximum atomic E-state index is 14.1. The zero-order chi connectivity index (χ0) is 31.4. The number of carbonyl (C=O) groups excluding carboxylic acids is 2. The van der Waals surface area contributed by atoms with Crippen molar-refractivity contribution in [2.75, 3.05) is 44.9 Å². The van der Waals surface area contributed by atoms with Crippen molar-refractivity contribution in [3.63, 3.8) is 0 Å². The monoisotopic (exact) mass is 617 g/mol. The largest absolute Gasteiger partial charge is 0.495 e. The first-order valence-corrected chi connectivity index (χ1v) is 15.5. The minimum absolute atomic E-state index is 0.00452. The van der Waals surface area contributed by atoms with E-state index >= 15 is 0 Å². The van der Waals surface area contributed by atoms with Crippen LogP contribution in [0.3, 0.4) is 0 Å². The molecule has 1 saturated heterocycles. The molecular formula is C31H42F3N7O3. The highest BCUT2D eigenvalue weighted by Crippen LogP contribution is 2.37. The number of hydrogen-bond acceptors (Lipinski definition) is 8. The molecule has 3 fully saturated rings. The van der Waals surface area contributed by atoms with Crippen LogP contribution < -0.4 is 20.7 Å². The average Bonchev–Trinajstić information content (AvgIpc) is 2.97. The normalized spacial score (nSPS) is 21.7. The van der Waals surface area contributed by atoms with Crippen LogP contribution in [-0.4, -0.2) is 84.0 Å². The van der Waals surface area contributed by atoms with Crippen molar-refractivity contribution in [1.82, 2.24) is 25.1 Å². The third-order valence-corrected chi connectivity index (χ3v) is 9.21. The van der Waals surface area contributed by atoms with E-state index in [9.17, 15) is 22.8 Å². The van der Waals surface area contributed by atoms with Crippen LogP contribution in [0.1, 0.15) is 73.7 Å². The molecule has 240 valence electrons. The topological polar surface area (TPSA) is 112 Å². The molecule has 0 unspecified atom stereocenters. The number of likely N-dealkylation sites (N-methyl/N-ethyl adjacent to an activating group) is 1. The van der Waals surface area contributed by atoms with E-state index < -0.39 is 17.8 Å². The Hall–Kier alpha value is -3.61. The highest BCUT2D eigenvalue weighted by molar-refractivity contribution is 5.95. The van der Waals surface area contributed by atoms with Crippen LogP contribution in [0, 0.1) is 5.92 Å². The molecule has 2 aliphatic carbocycles. The van der Waals surface area contributed by atoms with Gasteiger partial charge in [-0.05, 0) is 76.9 Å². The van der Waals surface area contributed by atoms with Gasteiger partial charge in [-0.2, -0.15) is 18.2 Å². The predicted octanol–water partition coefficient (Wildman–Crippen LogP) is 5.05. The number of methoxy groups -OCH3 is 1. The van der Waals surface area contributed by atoms with Gasteiger partial charge in [0.2, 0.25) is 11.9 Å². The quantitative estimate of drug-likeness (QED) is 0.359. The number of ether oxygens (including phenoxy) is 1. The van der Waals surface area contributed by atoms with Crippen LogP contribution in [0.15, 0.2) is 24.4 Å². The Kier molecular flexibility index (Phi) is 9.81. The van der Waals surface area contributed by atoms with Crippen molar-refractivity contribution < 1.29 is 27.5 Å². The molecule has 2 saturated carbocycles. The zero-order valence-corrected chi connectivity index (χ0v) is 25.5. The summed E-state index contributed by atoms with van der Waals surface area (Å²) in [5, 5.41) is 9.07. The van der Waals surface area contributed by atoms with Crippen molar-refractivity contribution in [1.29, 1.82) is 0 Å². The number of aromatic nitrogens is 2. The number of rotatable bonds is 9. The second-order valence-electron chi connectivity index (χ2n) is 12.2. The number of carbonyl (C=O) groups is 2. The first kappa shape index (κ1) is 31.8. The molecule has 0 spiro atoms. The molecule has 2 amide bonds. The maximum Gasteiger partial charge on any atom is 0.421 e. The van der Waals surface area contributed by atoms with Gasteiger partial charge in [-0.25, -0.2) is 4.98 Å².